The fourth-order valence-electron chi connectivity index (χ4n) is 3.84. The van der Waals surface area contributed by atoms with Gasteiger partial charge < -0.3 is 9.47 Å². The number of anilines is 1. The third-order valence-corrected chi connectivity index (χ3v) is 5.90. The Bertz CT molecular complexity index is 749. The zero-order chi connectivity index (χ0) is 15.5. The molecule has 1 saturated carbocycles. The van der Waals surface area contributed by atoms with Crippen LogP contribution in [0.15, 0.2) is 12.5 Å². The van der Waals surface area contributed by atoms with Crippen molar-refractivity contribution in [2.75, 3.05) is 25.0 Å². The summed E-state index contributed by atoms with van der Waals surface area (Å²) in [5.41, 5.74) is 2.18. The van der Waals surface area contributed by atoms with Gasteiger partial charge in [0.05, 0.1) is 16.9 Å². The lowest BCUT2D eigenvalue weighted by molar-refractivity contribution is 0.0232. The average molecular weight is 340 g/mol. The van der Waals surface area contributed by atoms with E-state index < -0.39 is 0 Å². The highest BCUT2D eigenvalue weighted by Gasteiger charge is 2.54. The molecule has 0 unspecified atom stereocenters. The SMILES string of the molecule is CN([SH]=O)C1CC2(C1)CN(c1ncnc3c(Cl)cn(C)c13)C2. The van der Waals surface area contributed by atoms with Crippen LogP contribution in [0, 0.1) is 5.41 Å². The predicted octanol–water partition coefficient (Wildman–Crippen LogP) is 1.38. The van der Waals surface area contributed by atoms with Gasteiger partial charge in [-0.15, -0.1) is 0 Å². The average Bonchev–Trinajstić information content (AvgIpc) is 2.71. The van der Waals surface area contributed by atoms with Crippen molar-refractivity contribution in [2.24, 2.45) is 12.5 Å². The Balaban J connectivity index is 1.54. The molecule has 3 heterocycles. The summed E-state index contributed by atoms with van der Waals surface area (Å²) in [5, 5.41) is 0.663. The molecule has 2 aromatic heterocycles. The minimum atomic E-state index is 0.118. The fourth-order valence-corrected chi connectivity index (χ4v) is 4.42. The highest BCUT2D eigenvalue weighted by molar-refractivity contribution is 7.62. The van der Waals surface area contributed by atoms with Gasteiger partial charge in [-0.2, -0.15) is 0 Å². The van der Waals surface area contributed by atoms with E-state index in [4.69, 9.17) is 11.6 Å². The van der Waals surface area contributed by atoms with Gasteiger partial charge in [-0.25, -0.2) is 18.5 Å². The summed E-state index contributed by atoms with van der Waals surface area (Å²) in [4.78, 5) is 11.1. The van der Waals surface area contributed by atoms with Crippen molar-refractivity contribution in [1.82, 2.24) is 18.8 Å². The monoisotopic (exact) mass is 339 g/mol. The van der Waals surface area contributed by atoms with Gasteiger partial charge in [-0.05, 0) is 19.9 Å². The van der Waals surface area contributed by atoms with Crippen LogP contribution in [-0.2, 0) is 18.9 Å². The van der Waals surface area contributed by atoms with Crippen molar-refractivity contribution in [3.05, 3.63) is 17.5 Å². The smallest absolute Gasteiger partial charge is 0.156 e. The van der Waals surface area contributed by atoms with Crippen LogP contribution in [0.2, 0.25) is 5.02 Å². The molecule has 1 aliphatic heterocycles. The van der Waals surface area contributed by atoms with E-state index in [1.165, 1.54) is 0 Å². The van der Waals surface area contributed by atoms with E-state index in [2.05, 4.69) is 14.9 Å². The number of rotatable bonds is 3. The minimum absolute atomic E-state index is 0.118. The van der Waals surface area contributed by atoms with Crippen molar-refractivity contribution in [3.63, 3.8) is 0 Å². The fraction of sp³-hybridized carbons (Fsp3) is 0.571. The highest BCUT2D eigenvalue weighted by Crippen LogP contribution is 2.51. The van der Waals surface area contributed by atoms with Gasteiger partial charge in [0.15, 0.2) is 5.82 Å². The summed E-state index contributed by atoms with van der Waals surface area (Å²) in [6, 6.07) is 0.441. The Labute approximate surface area is 137 Å². The van der Waals surface area contributed by atoms with Gasteiger partial charge in [-0.3, -0.25) is 0 Å². The standard InChI is InChI=1S/C14H18ClN5OS/c1-18-5-10(15)11-12(18)13(17-8-16-11)20-6-14(7-20)3-9(4-14)19(2)22-21/h5,8-9,22H,3-4,6-7H2,1-2H3. The highest BCUT2D eigenvalue weighted by atomic mass is 35.5. The molecular formula is C14H18ClN5OS. The lowest BCUT2D eigenvalue weighted by Crippen LogP contribution is -2.66. The topological polar surface area (TPSA) is 54.3 Å². The molecule has 1 aliphatic carbocycles. The van der Waals surface area contributed by atoms with Crippen LogP contribution < -0.4 is 4.90 Å². The Morgan fingerprint density at radius 1 is 1.41 bits per heavy atom. The molecule has 0 radical (unpaired) electrons. The van der Waals surface area contributed by atoms with Crippen LogP contribution in [0.4, 0.5) is 5.82 Å². The van der Waals surface area contributed by atoms with Gasteiger partial charge in [0.25, 0.3) is 0 Å². The molecule has 1 spiro atoms. The second-order valence-corrected chi connectivity index (χ2v) is 7.76. The molecule has 0 N–H and O–H groups in total. The summed E-state index contributed by atoms with van der Waals surface area (Å²) in [7, 11) is 3.88. The van der Waals surface area contributed by atoms with Gasteiger partial charge in [-0.1, -0.05) is 11.6 Å². The largest absolute Gasteiger partial charge is 0.354 e. The van der Waals surface area contributed by atoms with Crippen LogP contribution >= 0.6 is 11.6 Å². The molecule has 0 aromatic carbocycles. The first-order chi connectivity index (χ1) is 10.5. The first-order valence-electron chi connectivity index (χ1n) is 7.30. The predicted molar refractivity (Wildman–Crippen MR) is 88.5 cm³/mol. The number of aryl methyl sites for hydroxylation is 1. The molecule has 2 aliphatic rings. The molecular weight excluding hydrogens is 322 g/mol. The van der Waals surface area contributed by atoms with E-state index >= 15 is 0 Å². The number of hydrogen-bond donors (Lipinski definition) is 1. The molecule has 2 fully saturated rings. The normalized spacial score (nSPS) is 20.6. The lowest BCUT2D eigenvalue weighted by Gasteiger charge is -2.60. The van der Waals surface area contributed by atoms with E-state index in [0.717, 1.165) is 42.8 Å². The third kappa shape index (κ3) is 1.99. The summed E-state index contributed by atoms with van der Waals surface area (Å²) in [5.74, 6) is 0.962. The summed E-state index contributed by atoms with van der Waals surface area (Å²) < 4.78 is 14.8. The van der Waals surface area contributed by atoms with Gasteiger partial charge >= 0.3 is 0 Å². The number of hydrogen-bond acceptors (Lipinski definition) is 4. The number of halogens is 1. The van der Waals surface area contributed by atoms with Gasteiger partial charge in [0.1, 0.15) is 17.4 Å². The van der Waals surface area contributed by atoms with Crippen LogP contribution in [0.3, 0.4) is 0 Å². The van der Waals surface area contributed by atoms with Crippen molar-refractivity contribution in [2.45, 2.75) is 18.9 Å². The summed E-state index contributed by atoms with van der Waals surface area (Å²) in [6.07, 6.45) is 5.68. The maximum absolute atomic E-state index is 10.9. The van der Waals surface area contributed by atoms with E-state index in [1.54, 1.807) is 6.33 Å². The second kappa shape index (κ2) is 4.91. The van der Waals surface area contributed by atoms with Crippen molar-refractivity contribution < 1.29 is 4.21 Å². The van der Waals surface area contributed by atoms with E-state index in [9.17, 15) is 4.21 Å². The van der Waals surface area contributed by atoms with Gasteiger partial charge in [0.2, 0.25) is 0 Å². The summed E-state index contributed by atoms with van der Waals surface area (Å²) in [6.45, 7) is 2.00. The lowest BCUT2D eigenvalue weighted by atomic mass is 9.60. The first-order valence-corrected chi connectivity index (χ1v) is 8.44. The number of aromatic nitrogens is 3. The molecule has 2 aromatic rings. The molecule has 4 rings (SSSR count). The minimum Gasteiger partial charge on any atom is -0.354 e. The molecule has 22 heavy (non-hydrogen) atoms. The number of thiol groups is 1. The van der Waals surface area contributed by atoms with Crippen molar-refractivity contribution >= 4 is 40.3 Å². The second-order valence-electron chi connectivity index (χ2n) is 6.56. The van der Waals surface area contributed by atoms with E-state index in [-0.39, 0.29) is 11.9 Å². The van der Waals surface area contributed by atoms with Crippen molar-refractivity contribution in [1.29, 1.82) is 0 Å². The molecule has 0 bridgehead atoms. The van der Waals surface area contributed by atoms with Crippen LogP contribution in [-0.4, -0.2) is 49.2 Å². The summed E-state index contributed by atoms with van der Waals surface area (Å²) >= 11 is 6.33. The molecule has 1 saturated heterocycles. The quantitative estimate of drug-likeness (QED) is 0.858. The zero-order valence-corrected chi connectivity index (χ0v) is 14.2. The van der Waals surface area contributed by atoms with E-state index in [1.807, 2.05) is 29.2 Å². The molecule has 6 nitrogen and oxygen atoms in total. The Hall–Kier alpha value is -1.18. The molecule has 0 amide bonds. The molecule has 0 atom stereocenters. The Morgan fingerprint density at radius 3 is 2.82 bits per heavy atom. The zero-order valence-electron chi connectivity index (χ0n) is 12.5. The van der Waals surface area contributed by atoms with Crippen molar-refractivity contribution in [3.8, 4) is 0 Å². The maximum atomic E-state index is 10.9. The van der Waals surface area contributed by atoms with Crippen LogP contribution in [0.5, 0.6) is 0 Å². The number of nitrogens with zero attached hydrogens (tertiary/aromatic N) is 5. The molecule has 8 heteroatoms. The Morgan fingerprint density at radius 2 is 2.14 bits per heavy atom. The van der Waals surface area contributed by atoms with Gasteiger partial charge in [0, 0.05) is 37.8 Å². The van der Waals surface area contributed by atoms with E-state index in [0.29, 0.717) is 16.5 Å². The van der Waals surface area contributed by atoms with Crippen LogP contribution in [0.1, 0.15) is 12.8 Å². The molecule has 118 valence electrons. The number of fused-ring (bicyclic) bond motifs is 1. The first kappa shape index (κ1) is 14.4. The maximum Gasteiger partial charge on any atom is 0.156 e. The Kier molecular flexibility index (Phi) is 3.22. The van der Waals surface area contributed by atoms with Crippen LogP contribution in [0.25, 0.3) is 11.0 Å². The third-order valence-electron chi connectivity index (χ3n) is 5.04.